The molecule has 2 aromatic rings. The molecule has 0 aliphatic rings. The van der Waals surface area contributed by atoms with Gasteiger partial charge in [0.1, 0.15) is 0 Å². The molecule has 1 amide bonds. The standard InChI is InChI=1S/C12H12N2OS/c1-8-2-3-10(6-11(8)13)14-12(15)9-4-5-16-7-9/h2-7H,13H2,1H3,(H,14,15). The molecule has 0 saturated heterocycles. The molecule has 3 nitrogen and oxygen atoms in total. The summed E-state index contributed by atoms with van der Waals surface area (Å²) in [6, 6.07) is 7.28. The van der Waals surface area contributed by atoms with Gasteiger partial charge >= 0.3 is 0 Å². The van der Waals surface area contributed by atoms with Crippen LogP contribution in [0.15, 0.2) is 35.0 Å². The lowest BCUT2D eigenvalue weighted by molar-refractivity contribution is 0.102. The maximum atomic E-state index is 11.7. The summed E-state index contributed by atoms with van der Waals surface area (Å²) >= 11 is 1.50. The molecule has 0 bridgehead atoms. The summed E-state index contributed by atoms with van der Waals surface area (Å²) in [5, 5.41) is 6.49. The Balaban J connectivity index is 2.15. The van der Waals surface area contributed by atoms with Crippen molar-refractivity contribution in [2.45, 2.75) is 6.92 Å². The van der Waals surface area contributed by atoms with E-state index in [2.05, 4.69) is 5.32 Å². The highest BCUT2D eigenvalue weighted by Gasteiger charge is 2.06. The van der Waals surface area contributed by atoms with Crippen LogP contribution in [0, 0.1) is 6.92 Å². The van der Waals surface area contributed by atoms with Crippen LogP contribution in [0.1, 0.15) is 15.9 Å². The Morgan fingerprint density at radius 3 is 2.81 bits per heavy atom. The number of amides is 1. The fraction of sp³-hybridized carbons (Fsp3) is 0.0833. The Morgan fingerprint density at radius 2 is 2.19 bits per heavy atom. The molecule has 1 aromatic carbocycles. The summed E-state index contributed by atoms with van der Waals surface area (Å²) in [7, 11) is 0. The largest absolute Gasteiger partial charge is 0.398 e. The van der Waals surface area contributed by atoms with Crippen molar-refractivity contribution < 1.29 is 4.79 Å². The van der Waals surface area contributed by atoms with E-state index in [0.29, 0.717) is 11.3 Å². The van der Waals surface area contributed by atoms with Crippen molar-refractivity contribution >= 4 is 28.6 Å². The van der Waals surface area contributed by atoms with E-state index in [0.717, 1.165) is 11.3 Å². The van der Waals surface area contributed by atoms with E-state index in [9.17, 15) is 4.79 Å². The average Bonchev–Trinajstić information content (AvgIpc) is 2.77. The van der Waals surface area contributed by atoms with Gasteiger partial charge in [0.05, 0.1) is 5.56 Å². The quantitative estimate of drug-likeness (QED) is 0.782. The summed E-state index contributed by atoms with van der Waals surface area (Å²) in [6.45, 7) is 1.93. The van der Waals surface area contributed by atoms with Crippen LogP contribution in [0.3, 0.4) is 0 Å². The molecule has 82 valence electrons. The van der Waals surface area contributed by atoms with Gasteiger partial charge in [-0.05, 0) is 36.1 Å². The summed E-state index contributed by atoms with van der Waals surface area (Å²) in [4.78, 5) is 11.7. The maximum absolute atomic E-state index is 11.7. The van der Waals surface area contributed by atoms with Gasteiger partial charge in [-0.15, -0.1) is 0 Å². The summed E-state index contributed by atoms with van der Waals surface area (Å²) in [5.41, 5.74) is 8.85. The first-order valence-corrected chi connectivity index (χ1v) is 5.81. The number of hydrogen-bond donors (Lipinski definition) is 2. The third kappa shape index (κ3) is 2.23. The molecule has 2 rings (SSSR count). The van der Waals surface area contributed by atoms with Gasteiger partial charge in [0.15, 0.2) is 0 Å². The molecular formula is C12H12N2OS. The van der Waals surface area contributed by atoms with Crippen LogP contribution in [0.2, 0.25) is 0 Å². The van der Waals surface area contributed by atoms with E-state index in [1.54, 1.807) is 12.1 Å². The Bertz CT molecular complexity index is 506. The number of carbonyl (C=O) groups excluding carboxylic acids is 1. The van der Waals surface area contributed by atoms with Crippen molar-refractivity contribution in [1.82, 2.24) is 0 Å². The summed E-state index contributed by atoms with van der Waals surface area (Å²) < 4.78 is 0. The topological polar surface area (TPSA) is 55.1 Å². The second-order valence-corrected chi connectivity index (χ2v) is 4.32. The Hall–Kier alpha value is -1.81. The zero-order valence-electron chi connectivity index (χ0n) is 8.86. The fourth-order valence-corrected chi connectivity index (χ4v) is 1.95. The van der Waals surface area contributed by atoms with E-state index < -0.39 is 0 Å². The first-order valence-electron chi connectivity index (χ1n) is 4.86. The highest BCUT2D eigenvalue weighted by atomic mass is 32.1. The fourth-order valence-electron chi connectivity index (χ4n) is 1.32. The van der Waals surface area contributed by atoms with Crippen molar-refractivity contribution in [3.63, 3.8) is 0 Å². The van der Waals surface area contributed by atoms with E-state index in [-0.39, 0.29) is 5.91 Å². The Labute approximate surface area is 97.9 Å². The lowest BCUT2D eigenvalue weighted by Gasteiger charge is -2.06. The highest BCUT2D eigenvalue weighted by molar-refractivity contribution is 7.08. The maximum Gasteiger partial charge on any atom is 0.256 e. The van der Waals surface area contributed by atoms with Crippen LogP contribution >= 0.6 is 11.3 Å². The van der Waals surface area contributed by atoms with E-state index in [1.165, 1.54) is 11.3 Å². The second kappa shape index (κ2) is 4.37. The van der Waals surface area contributed by atoms with Gasteiger partial charge in [-0.25, -0.2) is 0 Å². The predicted octanol–water partition coefficient (Wildman–Crippen LogP) is 2.89. The predicted molar refractivity (Wildman–Crippen MR) is 67.9 cm³/mol. The SMILES string of the molecule is Cc1ccc(NC(=O)c2ccsc2)cc1N. The summed E-state index contributed by atoms with van der Waals surface area (Å²) in [5.74, 6) is -0.107. The molecular weight excluding hydrogens is 220 g/mol. The molecule has 0 radical (unpaired) electrons. The Kier molecular flexibility index (Phi) is 2.92. The number of nitrogens with one attached hydrogen (secondary N) is 1. The minimum atomic E-state index is -0.107. The molecule has 16 heavy (non-hydrogen) atoms. The number of benzene rings is 1. The molecule has 0 atom stereocenters. The van der Waals surface area contributed by atoms with Crippen LogP contribution in [-0.4, -0.2) is 5.91 Å². The van der Waals surface area contributed by atoms with Gasteiger partial charge in [0.2, 0.25) is 0 Å². The van der Waals surface area contributed by atoms with Crippen LogP contribution in [0.4, 0.5) is 11.4 Å². The lowest BCUT2D eigenvalue weighted by atomic mass is 10.2. The van der Waals surface area contributed by atoms with E-state index >= 15 is 0 Å². The van der Waals surface area contributed by atoms with Gasteiger partial charge in [0.25, 0.3) is 5.91 Å². The van der Waals surface area contributed by atoms with Crippen molar-refractivity contribution in [1.29, 1.82) is 0 Å². The average molecular weight is 232 g/mol. The molecule has 0 unspecified atom stereocenters. The highest BCUT2D eigenvalue weighted by Crippen LogP contribution is 2.18. The molecule has 1 heterocycles. The molecule has 0 spiro atoms. The van der Waals surface area contributed by atoms with Gasteiger partial charge in [-0.2, -0.15) is 11.3 Å². The van der Waals surface area contributed by atoms with Crippen LogP contribution in [0.25, 0.3) is 0 Å². The first-order chi connectivity index (χ1) is 7.66. The van der Waals surface area contributed by atoms with Crippen molar-refractivity contribution in [2.24, 2.45) is 0 Å². The molecule has 3 N–H and O–H groups in total. The lowest BCUT2D eigenvalue weighted by Crippen LogP contribution is -2.11. The molecule has 0 saturated carbocycles. The number of hydrogen-bond acceptors (Lipinski definition) is 3. The van der Waals surface area contributed by atoms with Gasteiger partial charge in [0, 0.05) is 16.8 Å². The number of thiophene rings is 1. The van der Waals surface area contributed by atoms with Crippen LogP contribution < -0.4 is 11.1 Å². The Morgan fingerprint density at radius 1 is 1.38 bits per heavy atom. The smallest absolute Gasteiger partial charge is 0.256 e. The van der Waals surface area contributed by atoms with Crippen molar-refractivity contribution in [2.75, 3.05) is 11.1 Å². The second-order valence-electron chi connectivity index (χ2n) is 3.54. The van der Waals surface area contributed by atoms with Gasteiger partial charge < -0.3 is 11.1 Å². The van der Waals surface area contributed by atoms with Crippen LogP contribution in [0.5, 0.6) is 0 Å². The normalized spacial score (nSPS) is 10.1. The van der Waals surface area contributed by atoms with Gasteiger partial charge in [-0.1, -0.05) is 6.07 Å². The van der Waals surface area contributed by atoms with Crippen LogP contribution in [-0.2, 0) is 0 Å². The number of anilines is 2. The molecule has 4 heteroatoms. The number of nitrogen functional groups attached to an aromatic ring is 1. The number of carbonyl (C=O) groups is 1. The third-order valence-electron chi connectivity index (χ3n) is 2.32. The van der Waals surface area contributed by atoms with Crippen molar-refractivity contribution in [3.05, 3.63) is 46.2 Å². The minimum Gasteiger partial charge on any atom is -0.398 e. The molecule has 0 aliphatic carbocycles. The third-order valence-corrected chi connectivity index (χ3v) is 3.00. The number of rotatable bonds is 2. The molecule has 0 aliphatic heterocycles. The monoisotopic (exact) mass is 232 g/mol. The molecule has 0 fully saturated rings. The minimum absolute atomic E-state index is 0.107. The van der Waals surface area contributed by atoms with E-state index in [4.69, 9.17) is 5.73 Å². The van der Waals surface area contributed by atoms with Crippen molar-refractivity contribution in [3.8, 4) is 0 Å². The van der Waals surface area contributed by atoms with Gasteiger partial charge in [-0.3, -0.25) is 4.79 Å². The molecule has 1 aromatic heterocycles. The summed E-state index contributed by atoms with van der Waals surface area (Å²) in [6.07, 6.45) is 0. The zero-order valence-corrected chi connectivity index (χ0v) is 9.67. The number of nitrogens with two attached hydrogens (primary N) is 1. The van der Waals surface area contributed by atoms with E-state index in [1.807, 2.05) is 29.8 Å². The first kappa shape index (κ1) is 10.7. The number of aryl methyl sites for hydroxylation is 1. The zero-order chi connectivity index (χ0) is 11.5.